The zero-order valence-electron chi connectivity index (χ0n) is 9.30. The third-order valence-electron chi connectivity index (χ3n) is 2.13. The quantitative estimate of drug-likeness (QED) is 0.741. The molecule has 0 unspecified atom stereocenters. The zero-order chi connectivity index (χ0) is 11.8. The summed E-state index contributed by atoms with van der Waals surface area (Å²) in [6, 6.07) is 2.03. The fraction of sp³-hybridized carbons (Fsp3) is 0.545. The van der Waals surface area contributed by atoms with Crippen molar-refractivity contribution in [3.63, 3.8) is 0 Å². The summed E-state index contributed by atoms with van der Waals surface area (Å²) < 4.78 is 2.06. The van der Waals surface area contributed by atoms with E-state index in [1.165, 1.54) is 18.6 Å². The molecule has 1 aromatic rings. The average Bonchev–Trinajstić information content (AvgIpc) is 2.26. The minimum atomic E-state index is 0.827. The summed E-state index contributed by atoms with van der Waals surface area (Å²) in [7, 11) is 0. The first-order valence-electron chi connectivity index (χ1n) is 5.23. The summed E-state index contributed by atoms with van der Waals surface area (Å²) in [5.41, 5.74) is 1.06. The fourth-order valence-corrected chi connectivity index (χ4v) is 2.90. The number of halogens is 2. The zero-order valence-corrected chi connectivity index (χ0v) is 13.3. The normalized spacial score (nSPS) is 10.7. The van der Waals surface area contributed by atoms with Gasteiger partial charge in [-0.2, -0.15) is 11.8 Å². The Kier molecular flexibility index (Phi) is 7.69. The van der Waals surface area contributed by atoms with Gasteiger partial charge in [0.25, 0.3) is 0 Å². The van der Waals surface area contributed by atoms with Crippen molar-refractivity contribution >= 4 is 43.6 Å². The second kappa shape index (κ2) is 8.50. The topological polar surface area (TPSA) is 24.9 Å². The number of pyridine rings is 1. The summed E-state index contributed by atoms with van der Waals surface area (Å²) >= 11 is 8.80. The predicted octanol–water partition coefficient (Wildman–Crippen LogP) is 3.84. The van der Waals surface area contributed by atoms with Crippen LogP contribution in [0.15, 0.2) is 21.2 Å². The van der Waals surface area contributed by atoms with E-state index in [1.807, 2.05) is 24.0 Å². The molecule has 1 N–H and O–H groups in total. The van der Waals surface area contributed by atoms with Gasteiger partial charge in [0.2, 0.25) is 0 Å². The number of nitrogens with one attached hydrogen (secondary N) is 1. The molecule has 0 aromatic carbocycles. The molecule has 0 saturated carbocycles. The van der Waals surface area contributed by atoms with Crippen molar-refractivity contribution in [1.82, 2.24) is 10.3 Å². The molecule has 0 saturated heterocycles. The third-order valence-corrected chi connectivity index (χ3v) is 3.95. The molecule has 90 valence electrons. The Bertz CT molecular complexity index is 321. The van der Waals surface area contributed by atoms with Crippen LogP contribution in [0.2, 0.25) is 0 Å². The highest BCUT2D eigenvalue weighted by atomic mass is 79.9. The van der Waals surface area contributed by atoms with Crippen LogP contribution in [-0.4, -0.2) is 23.5 Å². The van der Waals surface area contributed by atoms with Crippen LogP contribution in [0.5, 0.6) is 0 Å². The number of hydrogen-bond acceptors (Lipinski definition) is 3. The molecule has 1 rings (SSSR count). The molecule has 0 radical (unpaired) electrons. The van der Waals surface area contributed by atoms with Crippen LogP contribution in [0.3, 0.4) is 0 Å². The van der Waals surface area contributed by atoms with E-state index in [0.717, 1.165) is 27.7 Å². The molecule has 0 bridgehead atoms. The van der Waals surface area contributed by atoms with Crippen molar-refractivity contribution in [2.75, 3.05) is 18.6 Å². The van der Waals surface area contributed by atoms with E-state index >= 15 is 0 Å². The third kappa shape index (κ3) is 5.66. The van der Waals surface area contributed by atoms with Gasteiger partial charge in [-0.25, -0.2) is 0 Å². The van der Waals surface area contributed by atoms with Crippen LogP contribution in [0, 0.1) is 0 Å². The summed E-state index contributed by atoms with van der Waals surface area (Å²) in [6.45, 7) is 1.89. The lowest BCUT2D eigenvalue weighted by Crippen LogP contribution is -2.16. The summed E-state index contributed by atoms with van der Waals surface area (Å²) in [6.07, 6.45) is 6.49. The van der Waals surface area contributed by atoms with E-state index < -0.39 is 0 Å². The second-order valence-corrected chi connectivity index (χ2v) is 6.21. The summed E-state index contributed by atoms with van der Waals surface area (Å²) in [5, 5.41) is 3.40. The maximum absolute atomic E-state index is 4.35. The summed E-state index contributed by atoms with van der Waals surface area (Å²) in [5.74, 6) is 1.25. The van der Waals surface area contributed by atoms with Gasteiger partial charge in [-0.1, -0.05) is 0 Å². The smallest absolute Gasteiger partial charge is 0.0684 e. The molecule has 2 nitrogen and oxygen atoms in total. The second-order valence-electron chi connectivity index (χ2n) is 3.46. The van der Waals surface area contributed by atoms with Crippen molar-refractivity contribution < 1.29 is 0 Å². The van der Waals surface area contributed by atoms with Gasteiger partial charge in [0.15, 0.2) is 0 Å². The standard InChI is InChI=1S/C11H16Br2N2S/c1-16-5-3-2-4-14-8-11-10(13)6-9(12)7-15-11/h6-7,14H,2-5,8H2,1H3. The Morgan fingerprint density at radius 1 is 1.38 bits per heavy atom. The molecule has 5 heteroatoms. The molecule has 16 heavy (non-hydrogen) atoms. The number of unbranched alkanes of at least 4 members (excludes halogenated alkanes) is 1. The molecule has 0 amide bonds. The largest absolute Gasteiger partial charge is 0.311 e. The number of hydrogen-bond donors (Lipinski definition) is 1. The van der Waals surface area contributed by atoms with Crippen molar-refractivity contribution in [2.24, 2.45) is 0 Å². The lowest BCUT2D eigenvalue weighted by atomic mass is 10.3. The number of aromatic nitrogens is 1. The first-order chi connectivity index (χ1) is 7.74. The van der Waals surface area contributed by atoms with Gasteiger partial charge in [0, 0.05) is 21.7 Å². The van der Waals surface area contributed by atoms with Gasteiger partial charge in [0.05, 0.1) is 5.69 Å². The maximum atomic E-state index is 4.35. The van der Waals surface area contributed by atoms with E-state index in [1.54, 1.807) is 0 Å². The van der Waals surface area contributed by atoms with E-state index in [-0.39, 0.29) is 0 Å². The van der Waals surface area contributed by atoms with E-state index in [2.05, 4.69) is 48.4 Å². The van der Waals surface area contributed by atoms with Gasteiger partial charge in [-0.3, -0.25) is 4.98 Å². The van der Waals surface area contributed by atoms with Crippen LogP contribution in [0.25, 0.3) is 0 Å². The van der Waals surface area contributed by atoms with Crippen LogP contribution < -0.4 is 5.32 Å². The Labute approximate surface area is 118 Å². The van der Waals surface area contributed by atoms with Crippen LogP contribution in [0.4, 0.5) is 0 Å². The Morgan fingerprint density at radius 2 is 2.19 bits per heavy atom. The highest BCUT2D eigenvalue weighted by molar-refractivity contribution is 9.11. The number of rotatable bonds is 7. The Balaban J connectivity index is 2.21. The van der Waals surface area contributed by atoms with Crippen molar-refractivity contribution in [3.05, 3.63) is 26.9 Å². The van der Waals surface area contributed by atoms with Gasteiger partial charge in [0.1, 0.15) is 0 Å². The molecule has 1 aromatic heterocycles. The maximum Gasteiger partial charge on any atom is 0.0684 e. The van der Waals surface area contributed by atoms with Gasteiger partial charge < -0.3 is 5.32 Å². The van der Waals surface area contributed by atoms with Crippen molar-refractivity contribution in [3.8, 4) is 0 Å². The monoisotopic (exact) mass is 366 g/mol. The van der Waals surface area contributed by atoms with Crippen LogP contribution in [0.1, 0.15) is 18.5 Å². The lowest BCUT2D eigenvalue weighted by molar-refractivity contribution is 0.634. The molecule has 1 heterocycles. The molecular formula is C11H16Br2N2S. The number of nitrogens with zero attached hydrogens (tertiary/aromatic N) is 1. The van der Waals surface area contributed by atoms with Gasteiger partial charge in [-0.15, -0.1) is 0 Å². The summed E-state index contributed by atoms with van der Waals surface area (Å²) in [4.78, 5) is 4.35. The Morgan fingerprint density at radius 3 is 2.88 bits per heavy atom. The molecule has 0 spiro atoms. The van der Waals surface area contributed by atoms with Crippen molar-refractivity contribution in [2.45, 2.75) is 19.4 Å². The van der Waals surface area contributed by atoms with E-state index in [0.29, 0.717) is 0 Å². The average molecular weight is 368 g/mol. The van der Waals surface area contributed by atoms with Crippen LogP contribution >= 0.6 is 43.6 Å². The van der Waals surface area contributed by atoms with Crippen molar-refractivity contribution in [1.29, 1.82) is 0 Å². The molecule has 0 atom stereocenters. The van der Waals surface area contributed by atoms with E-state index in [4.69, 9.17) is 0 Å². The molecule has 0 aliphatic heterocycles. The van der Waals surface area contributed by atoms with Crippen LogP contribution in [-0.2, 0) is 6.54 Å². The predicted molar refractivity (Wildman–Crippen MR) is 79.0 cm³/mol. The lowest BCUT2D eigenvalue weighted by Gasteiger charge is -2.06. The first-order valence-corrected chi connectivity index (χ1v) is 8.21. The SMILES string of the molecule is CSCCCCNCc1ncc(Br)cc1Br. The first kappa shape index (κ1) is 14.5. The highest BCUT2D eigenvalue weighted by Crippen LogP contribution is 2.19. The molecule has 0 aliphatic rings. The highest BCUT2D eigenvalue weighted by Gasteiger charge is 2.01. The minimum Gasteiger partial charge on any atom is -0.311 e. The number of thioether (sulfide) groups is 1. The van der Waals surface area contributed by atoms with E-state index in [9.17, 15) is 0 Å². The van der Waals surface area contributed by atoms with Gasteiger partial charge >= 0.3 is 0 Å². The minimum absolute atomic E-state index is 0.827. The Hall–Kier alpha value is 0.420. The fourth-order valence-electron chi connectivity index (χ4n) is 1.28. The van der Waals surface area contributed by atoms with Gasteiger partial charge in [-0.05, 0) is 69.3 Å². The molecule has 0 aliphatic carbocycles. The molecular weight excluding hydrogens is 352 g/mol. The molecule has 0 fully saturated rings.